The number of nitrogens with zero attached hydrogens (tertiary/aromatic N) is 1. The second kappa shape index (κ2) is 8.64. The fourth-order valence-corrected chi connectivity index (χ4v) is 5.38. The molecule has 5 nitrogen and oxygen atoms in total. The highest BCUT2D eigenvalue weighted by molar-refractivity contribution is 7.89. The van der Waals surface area contributed by atoms with Crippen LogP contribution in [0.2, 0.25) is 5.02 Å². The molecule has 0 heterocycles. The average Bonchev–Trinajstić information content (AvgIpc) is 2.69. The first-order valence-corrected chi connectivity index (χ1v) is 11.4. The Balaban J connectivity index is 1.89. The van der Waals surface area contributed by atoms with Gasteiger partial charge in [-0.2, -0.15) is 4.31 Å². The van der Waals surface area contributed by atoms with E-state index < -0.39 is 10.0 Å². The van der Waals surface area contributed by atoms with E-state index in [0.29, 0.717) is 13.1 Å². The van der Waals surface area contributed by atoms with Crippen molar-refractivity contribution < 1.29 is 13.2 Å². The number of benzene rings is 2. The lowest BCUT2D eigenvalue weighted by atomic mass is 9.87. The lowest BCUT2D eigenvalue weighted by Crippen LogP contribution is -2.32. The number of sulfonamides is 1. The number of hydrogen-bond acceptors (Lipinski definition) is 3. The highest BCUT2D eigenvalue weighted by Crippen LogP contribution is 2.30. The molecule has 0 radical (unpaired) electrons. The van der Waals surface area contributed by atoms with Crippen LogP contribution in [0.15, 0.2) is 47.4 Å². The van der Waals surface area contributed by atoms with E-state index in [1.54, 1.807) is 13.8 Å². The first kappa shape index (κ1) is 20.8. The molecule has 1 aliphatic carbocycles. The van der Waals surface area contributed by atoms with E-state index >= 15 is 0 Å². The molecule has 2 aromatic carbocycles. The van der Waals surface area contributed by atoms with Crippen molar-refractivity contribution in [2.75, 3.05) is 13.1 Å². The Labute approximate surface area is 171 Å². The predicted molar refractivity (Wildman–Crippen MR) is 111 cm³/mol. The van der Waals surface area contributed by atoms with Crippen molar-refractivity contribution in [2.24, 2.45) is 0 Å². The molecule has 3 rings (SSSR count). The number of halogens is 1. The van der Waals surface area contributed by atoms with Gasteiger partial charge in [-0.15, -0.1) is 0 Å². The van der Waals surface area contributed by atoms with E-state index in [2.05, 4.69) is 11.4 Å². The van der Waals surface area contributed by atoms with Crippen LogP contribution >= 0.6 is 11.6 Å². The summed E-state index contributed by atoms with van der Waals surface area (Å²) in [6.07, 6.45) is 2.84. The largest absolute Gasteiger partial charge is 0.345 e. The van der Waals surface area contributed by atoms with Gasteiger partial charge >= 0.3 is 0 Å². The maximum Gasteiger partial charge on any atom is 0.253 e. The van der Waals surface area contributed by atoms with Gasteiger partial charge in [-0.3, -0.25) is 4.79 Å². The minimum atomic E-state index is -3.66. The summed E-state index contributed by atoms with van der Waals surface area (Å²) < 4.78 is 26.9. The minimum Gasteiger partial charge on any atom is -0.345 e. The van der Waals surface area contributed by atoms with Gasteiger partial charge in [-0.05, 0) is 48.6 Å². The second-order valence-electron chi connectivity index (χ2n) is 6.85. The summed E-state index contributed by atoms with van der Waals surface area (Å²) in [6.45, 7) is 4.29. The van der Waals surface area contributed by atoms with Crippen molar-refractivity contribution in [3.63, 3.8) is 0 Å². The molecule has 1 atom stereocenters. The maximum atomic E-state index is 12.9. The van der Waals surface area contributed by atoms with Crippen molar-refractivity contribution in [3.8, 4) is 0 Å². The fraction of sp³-hybridized carbons (Fsp3) is 0.381. The number of fused-ring (bicyclic) bond motifs is 1. The number of carbonyl (C=O) groups is 1. The molecule has 0 aromatic heterocycles. The minimum absolute atomic E-state index is 0.0785. The maximum absolute atomic E-state index is 12.9. The van der Waals surface area contributed by atoms with Gasteiger partial charge in [0, 0.05) is 13.1 Å². The highest BCUT2D eigenvalue weighted by atomic mass is 35.5. The van der Waals surface area contributed by atoms with Crippen molar-refractivity contribution in [2.45, 2.75) is 44.0 Å². The quantitative estimate of drug-likeness (QED) is 0.762. The monoisotopic (exact) mass is 420 g/mol. The molecule has 150 valence electrons. The van der Waals surface area contributed by atoms with Gasteiger partial charge in [0.2, 0.25) is 10.0 Å². The van der Waals surface area contributed by atoms with E-state index in [-0.39, 0.29) is 27.4 Å². The molecule has 7 heteroatoms. The van der Waals surface area contributed by atoms with Crippen LogP contribution in [0.4, 0.5) is 0 Å². The Kier molecular flexibility index (Phi) is 6.43. The van der Waals surface area contributed by atoms with Gasteiger partial charge in [-0.25, -0.2) is 8.42 Å². The molecule has 0 saturated heterocycles. The first-order chi connectivity index (χ1) is 13.4. The van der Waals surface area contributed by atoms with Crippen molar-refractivity contribution >= 4 is 27.5 Å². The molecule has 1 amide bonds. The van der Waals surface area contributed by atoms with Crippen LogP contribution in [-0.4, -0.2) is 31.7 Å². The third kappa shape index (κ3) is 4.09. The SMILES string of the molecule is CCN(CC)S(=O)(=O)c1ccc(Cl)c(C(=O)NC2CCCc3ccccc32)c1. The molecule has 1 unspecified atom stereocenters. The van der Waals surface area contributed by atoms with E-state index in [1.165, 1.54) is 28.1 Å². The lowest BCUT2D eigenvalue weighted by molar-refractivity contribution is 0.0932. The Morgan fingerprint density at radius 1 is 1.18 bits per heavy atom. The molecule has 28 heavy (non-hydrogen) atoms. The Bertz CT molecular complexity index is 971. The van der Waals surface area contributed by atoms with Gasteiger partial charge in [0.25, 0.3) is 5.91 Å². The molecule has 0 saturated carbocycles. The van der Waals surface area contributed by atoms with Crippen LogP contribution in [0.25, 0.3) is 0 Å². The Hall–Kier alpha value is -1.89. The normalized spacial score (nSPS) is 16.6. The zero-order valence-corrected chi connectivity index (χ0v) is 17.7. The summed E-state index contributed by atoms with van der Waals surface area (Å²) in [5, 5.41) is 3.27. The van der Waals surface area contributed by atoms with Gasteiger partial charge in [0.15, 0.2) is 0 Å². The topological polar surface area (TPSA) is 66.5 Å². The van der Waals surface area contributed by atoms with Crippen LogP contribution in [0, 0.1) is 0 Å². The molecule has 0 bridgehead atoms. The van der Waals surface area contributed by atoms with E-state index in [9.17, 15) is 13.2 Å². The summed E-state index contributed by atoms with van der Waals surface area (Å²) in [6, 6.07) is 12.3. The fourth-order valence-electron chi connectivity index (χ4n) is 3.69. The predicted octanol–water partition coefficient (Wildman–Crippen LogP) is 4.18. The number of amides is 1. The summed E-state index contributed by atoms with van der Waals surface area (Å²) in [4.78, 5) is 13.0. The number of carbonyl (C=O) groups excluding carboxylic acids is 1. The average molecular weight is 421 g/mol. The van der Waals surface area contributed by atoms with Crippen molar-refractivity contribution in [3.05, 3.63) is 64.2 Å². The third-order valence-electron chi connectivity index (χ3n) is 5.20. The van der Waals surface area contributed by atoms with Crippen LogP contribution in [-0.2, 0) is 16.4 Å². The zero-order valence-electron chi connectivity index (χ0n) is 16.1. The number of aryl methyl sites for hydroxylation is 1. The summed E-state index contributed by atoms with van der Waals surface area (Å²) >= 11 is 6.24. The number of hydrogen-bond donors (Lipinski definition) is 1. The van der Waals surface area contributed by atoms with Crippen LogP contribution < -0.4 is 5.32 Å². The van der Waals surface area contributed by atoms with Crippen LogP contribution in [0.1, 0.15) is 54.2 Å². The third-order valence-corrected chi connectivity index (χ3v) is 7.58. The zero-order chi connectivity index (χ0) is 20.3. The van der Waals surface area contributed by atoms with Gasteiger partial charge in [-0.1, -0.05) is 49.7 Å². The summed E-state index contributed by atoms with van der Waals surface area (Å²) in [5.74, 6) is -0.358. The molecule has 1 N–H and O–H groups in total. The van der Waals surface area contributed by atoms with Gasteiger partial charge in [0.05, 0.1) is 21.5 Å². The summed E-state index contributed by atoms with van der Waals surface area (Å²) in [7, 11) is -3.66. The first-order valence-electron chi connectivity index (χ1n) is 9.56. The van der Waals surface area contributed by atoms with Crippen LogP contribution in [0.5, 0.6) is 0 Å². The molecule has 2 aromatic rings. The molecule has 0 spiro atoms. The van der Waals surface area contributed by atoms with Gasteiger partial charge in [0.1, 0.15) is 0 Å². The molecule has 1 aliphatic rings. The molecular weight excluding hydrogens is 396 g/mol. The van der Waals surface area contributed by atoms with E-state index in [4.69, 9.17) is 11.6 Å². The summed E-state index contributed by atoms with van der Waals surface area (Å²) in [5.41, 5.74) is 2.53. The standard InChI is InChI=1S/C21H25ClN2O3S/c1-3-24(4-2)28(26,27)16-12-13-19(22)18(14-16)21(25)23-20-11-7-9-15-8-5-6-10-17(15)20/h5-6,8,10,12-14,20H,3-4,7,9,11H2,1-2H3,(H,23,25). The Morgan fingerprint density at radius 3 is 2.61 bits per heavy atom. The lowest BCUT2D eigenvalue weighted by Gasteiger charge is -2.26. The number of nitrogens with one attached hydrogen (secondary N) is 1. The van der Waals surface area contributed by atoms with Gasteiger partial charge < -0.3 is 5.32 Å². The van der Waals surface area contributed by atoms with Crippen molar-refractivity contribution in [1.29, 1.82) is 0 Å². The Morgan fingerprint density at radius 2 is 1.89 bits per heavy atom. The molecule has 0 aliphatic heterocycles. The molecular formula is C21H25ClN2O3S. The van der Waals surface area contributed by atoms with Crippen LogP contribution in [0.3, 0.4) is 0 Å². The second-order valence-corrected chi connectivity index (χ2v) is 9.19. The number of rotatable bonds is 6. The molecule has 0 fully saturated rings. The van der Waals surface area contributed by atoms with E-state index in [0.717, 1.165) is 24.8 Å². The highest BCUT2D eigenvalue weighted by Gasteiger charge is 2.26. The van der Waals surface area contributed by atoms with E-state index in [1.807, 2.05) is 18.2 Å². The van der Waals surface area contributed by atoms with Crippen molar-refractivity contribution in [1.82, 2.24) is 9.62 Å². The smallest absolute Gasteiger partial charge is 0.253 e.